The maximum Gasteiger partial charge on any atom is 0.340 e. The number of methoxy groups -OCH3 is 1. The van der Waals surface area contributed by atoms with Crippen LogP contribution >= 0.6 is 0 Å². The van der Waals surface area contributed by atoms with Gasteiger partial charge in [0, 0.05) is 11.3 Å². The molecule has 0 aromatic heterocycles. The van der Waals surface area contributed by atoms with Crippen molar-refractivity contribution < 1.29 is 14.3 Å². The lowest BCUT2D eigenvalue weighted by Crippen LogP contribution is -2.11. The molecule has 0 radical (unpaired) electrons. The molecule has 2 rings (SSSR count). The van der Waals surface area contributed by atoms with E-state index in [4.69, 9.17) is 15.2 Å². The molecule has 0 amide bonds. The van der Waals surface area contributed by atoms with Crippen LogP contribution < -0.4 is 10.5 Å². The molecule has 0 atom stereocenters. The number of esters is 1. The van der Waals surface area contributed by atoms with E-state index in [0.29, 0.717) is 16.8 Å². The summed E-state index contributed by atoms with van der Waals surface area (Å²) in [5.74, 6) is 0.339. The van der Waals surface area contributed by atoms with Gasteiger partial charge >= 0.3 is 5.97 Å². The van der Waals surface area contributed by atoms with Crippen molar-refractivity contribution in [3.8, 4) is 5.75 Å². The minimum absolute atomic E-state index is 0.263. The summed E-state index contributed by atoms with van der Waals surface area (Å²) in [7, 11) is 1.34. The molecule has 2 N–H and O–H groups in total. The van der Waals surface area contributed by atoms with Crippen LogP contribution in [0.2, 0.25) is 0 Å². The van der Waals surface area contributed by atoms with E-state index in [0.717, 1.165) is 11.3 Å². The fourth-order valence-corrected chi connectivity index (χ4v) is 2.21. The molecule has 0 bridgehead atoms. The van der Waals surface area contributed by atoms with Gasteiger partial charge in [0.25, 0.3) is 0 Å². The molecule has 0 heterocycles. The van der Waals surface area contributed by atoms with Gasteiger partial charge in [-0.3, -0.25) is 0 Å². The molecular weight excluding hydrogens is 266 g/mol. The van der Waals surface area contributed by atoms with Gasteiger partial charge in [-0.15, -0.1) is 0 Å². The highest BCUT2D eigenvalue weighted by molar-refractivity contribution is 5.96. The minimum atomic E-state index is -0.452. The lowest BCUT2D eigenvalue weighted by molar-refractivity contribution is 0.0599. The van der Waals surface area contributed by atoms with Crippen molar-refractivity contribution in [1.29, 1.82) is 0 Å². The van der Waals surface area contributed by atoms with Gasteiger partial charge in [0.2, 0.25) is 0 Å². The topological polar surface area (TPSA) is 61.5 Å². The van der Waals surface area contributed by atoms with Gasteiger partial charge in [-0.2, -0.15) is 0 Å². The average Bonchev–Trinajstić information content (AvgIpc) is 2.45. The first-order valence-corrected chi connectivity index (χ1v) is 6.68. The Bertz CT molecular complexity index is 665. The molecule has 4 nitrogen and oxygen atoms in total. The number of carbonyl (C=O) groups is 1. The summed E-state index contributed by atoms with van der Waals surface area (Å²) < 4.78 is 10.6. The summed E-state index contributed by atoms with van der Waals surface area (Å²) in [5, 5.41) is 0. The smallest absolute Gasteiger partial charge is 0.340 e. The Hall–Kier alpha value is -2.49. The van der Waals surface area contributed by atoms with E-state index in [2.05, 4.69) is 6.07 Å². The Morgan fingerprint density at radius 2 is 1.95 bits per heavy atom. The molecule has 0 aliphatic rings. The summed E-state index contributed by atoms with van der Waals surface area (Å²) in [6.45, 7) is 4.28. The number of hydrogen-bond donors (Lipinski definition) is 1. The highest BCUT2D eigenvalue weighted by Gasteiger charge is 2.15. The zero-order valence-electron chi connectivity index (χ0n) is 12.5. The average molecular weight is 285 g/mol. The van der Waals surface area contributed by atoms with E-state index in [1.165, 1.54) is 12.7 Å². The van der Waals surface area contributed by atoms with Crippen molar-refractivity contribution >= 4 is 11.7 Å². The van der Waals surface area contributed by atoms with Crippen LogP contribution in [0.5, 0.6) is 5.75 Å². The maximum atomic E-state index is 11.8. The van der Waals surface area contributed by atoms with Crippen LogP contribution in [0.3, 0.4) is 0 Å². The Morgan fingerprint density at radius 1 is 1.19 bits per heavy atom. The molecule has 0 spiro atoms. The van der Waals surface area contributed by atoms with Crippen LogP contribution in [0.1, 0.15) is 27.0 Å². The lowest BCUT2D eigenvalue weighted by Gasteiger charge is -2.13. The second-order valence-electron chi connectivity index (χ2n) is 4.93. The predicted molar refractivity (Wildman–Crippen MR) is 82.4 cm³/mol. The normalized spacial score (nSPS) is 10.2. The number of carbonyl (C=O) groups excluding carboxylic acids is 1. The van der Waals surface area contributed by atoms with Gasteiger partial charge in [-0.25, -0.2) is 4.79 Å². The van der Waals surface area contributed by atoms with Gasteiger partial charge < -0.3 is 15.2 Å². The van der Waals surface area contributed by atoms with Gasteiger partial charge in [-0.1, -0.05) is 29.8 Å². The molecule has 21 heavy (non-hydrogen) atoms. The van der Waals surface area contributed by atoms with Gasteiger partial charge in [0.15, 0.2) is 0 Å². The summed E-state index contributed by atoms with van der Waals surface area (Å²) in [6.07, 6.45) is 0. The van der Waals surface area contributed by atoms with Crippen LogP contribution in [-0.4, -0.2) is 13.1 Å². The molecule has 0 aliphatic heterocycles. The van der Waals surface area contributed by atoms with Crippen LogP contribution in [-0.2, 0) is 11.3 Å². The number of nitrogens with two attached hydrogens (primary N) is 1. The van der Waals surface area contributed by atoms with E-state index in [1.54, 1.807) is 12.1 Å². The second-order valence-corrected chi connectivity index (χ2v) is 4.93. The molecule has 4 heteroatoms. The third kappa shape index (κ3) is 3.34. The number of hydrogen-bond acceptors (Lipinski definition) is 4. The molecular formula is C17H19NO3. The van der Waals surface area contributed by atoms with Crippen molar-refractivity contribution in [2.45, 2.75) is 20.5 Å². The van der Waals surface area contributed by atoms with Gasteiger partial charge in [0.1, 0.15) is 12.4 Å². The van der Waals surface area contributed by atoms with Crippen LogP contribution in [0.25, 0.3) is 0 Å². The number of ether oxygens (including phenoxy) is 2. The number of aryl methyl sites for hydroxylation is 2. The molecule has 0 saturated carbocycles. The quantitative estimate of drug-likeness (QED) is 0.692. The molecule has 110 valence electrons. The van der Waals surface area contributed by atoms with Crippen LogP contribution in [0, 0.1) is 13.8 Å². The van der Waals surface area contributed by atoms with Crippen molar-refractivity contribution in [3.05, 3.63) is 58.7 Å². The van der Waals surface area contributed by atoms with Gasteiger partial charge in [-0.05, 0) is 31.5 Å². The van der Waals surface area contributed by atoms with E-state index < -0.39 is 5.97 Å². The minimum Gasteiger partial charge on any atom is -0.489 e. The first-order valence-electron chi connectivity index (χ1n) is 6.68. The maximum absolute atomic E-state index is 11.8. The summed E-state index contributed by atoms with van der Waals surface area (Å²) in [5.41, 5.74) is 9.56. The van der Waals surface area contributed by atoms with E-state index in [1.807, 2.05) is 32.0 Å². The zero-order chi connectivity index (χ0) is 15.4. The molecule has 2 aromatic carbocycles. The molecule has 0 fully saturated rings. The monoisotopic (exact) mass is 285 g/mol. The zero-order valence-corrected chi connectivity index (χ0v) is 12.5. The fraction of sp³-hybridized carbons (Fsp3) is 0.235. The fourth-order valence-electron chi connectivity index (χ4n) is 2.21. The van der Waals surface area contributed by atoms with Crippen molar-refractivity contribution in [2.24, 2.45) is 0 Å². The van der Waals surface area contributed by atoms with Crippen molar-refractivity contribution in [2.75, 3.05) is 12.8 Å². The number of anilines is 1. The van der Waals surface area contributed by atoms with Crippen LogP contribution in [0.15, 0.2) is 36.4 Å². The summed E-state index contributed by atoms with van der Waals surface area (Å²) in [6, 6.07) is 11.2. The third-order valence-electron chi connectivity index (χ3n) is 3.29. The number of nitrogen functional groups attached to an aromatic ring is 1. The van der Waals surface area contributed by atoms with Crippen molar-refractivity contribution in [1.82, 2.24) is 0 Å². The molecule has 2 aromatic rings. The Morgan fingerprint density at radius 3 is 2.62 bits per heavy atom. The summed E-state index contributed by atoms with van der Waals surface area (Å²) >= 11 is 0. The van der Waals surface area contributed by atoms with Crippen molar-refractivity contribution in [3.63, 3.8) is 0 Å². The highest BCUT2D eigenvalue weighted by Crippen LogP contribution is 2.23. The molecule has 0 saturated heterocycles. The van der Waals surface area contributed by atoms with E-state index in [-0.39, 0.29) is 6.61 Å². The third-order valence-corrected chi connectivity index (χ3v) is 3.29. The Balaban J connectivity index is 2.24. The number of rotatable bonds is 4. The van der Waals surface area contributed by atoms with E-state index >= 15 is 0 Å². The Kier molecular flexibility index (Phi) is 4.48. The standard InChI is InChI=1S/C17H19NO3/c1-11-7-8-15(12(2)9-11)21-10-13-5-4-6-14(18)16(13)17(19)20-3/h4-9H,10,18H2,1-3H3. The van der Waals surface area contributed by atoms with Crippen LogP contribution in [0.4, 0.5) is 5.69 Å². The Labute approximate surface area is 124 Å². The molecule has 0 aliphatic carbocycles. The largest absolute Gasteiger partial charge is 0.489 e. The van der Waals surface area contributed by atoms with Gasteiger partial charge in [0.05, 0.1) is 12.7 Å². The first kappa shape index (κ1) is 14.9. The predicted octanol–water partition coefficient (Wildman–Crippen LogP) is 3.25. The molecule has 0 unspecified atom stereocenters. The number of benzene rings is 2. The lowest BCUT2D eigenvalue weighted by atomic mass is 10.1. The summed E-state index contributed by atoms with van der Waals surface area (Å²) in [4.78, 5) is 11.8. The first-order chi connectivity index (χ1) is 10.0. The second kappa shape index (κ2) is 6.31. The highest BCUT2D eigenvalue weighted by atomic mass is 16.5. The SMILES string of the molecule is COC(=O)c1c(N)cccc1COc1ccc(C)cc1C. The van der Waals surface area contributed by atoms with E-state index in [9.17, 15) is 4.79 Å².